The fourth-order valence-electron chi connectivity index (χ4n) is 9.10. The molecule has 334 valence electrons. The van der Waals surface area contributed by atoms with Crippen LogP contribution in [0, 0.1) is 24.0 Å². The van der Waals surface area contributed by atoms with Crippen LogP contribution in [0.3, 0.4) is 0 Å². The zero-order valence-corrected chi connectivity index (χ0v) is 36.4. The molecule has 3 aliphatic heterocycles. The van der Waals surface area contributed by atoms with E-state index < -0.39 is 29.2 Å². The van der Waals surface area contributed by atoms with Crippen LogP contribution in [0.1, 0.15) is 70.5 Å². The minimum Gasteiger partial charge on any atom is -0.495 e. The van der Waals surface area contributed by atoms with Gasteiger partial charge >= 0.3 is 6.03 Å². The van der Waals surface area contributed by atoms with Crippen LogP contribution in [-0.4, -0.2) is 93.4 Å². The number of methoxy groups -OCH3 is 1. The van der Waals surface area contributed by atoms with Gasteiger partial charge in [-0.1, -0.05) is 30.3 Å². The van der Waals surface area contributed by atoms with Crippen LogP contribution in [0.15, 0.2) is 85.2 Å². The third kappa shape index (κ3) is 8.54. The highest BCUT2D eigenvalue weighted by Crippen LogP contribution is 2.42. The predicted octanol–water partition coefficient (Wildman–Crippen LogP) is 7.55. The molecule has 65 heavy (non-hydrogen) atoms. The summed E-state index contributed by atoms with van der Waals surface area (Å²) in [5.74, 6) is -2.17. The summed E-state index contributed by atoms with van der Waals surface area (Å²) in [6.07, 6.45) is 3.50. The number of rotatable bonds is 10. The smallest absolute Gasteiger partial charge is 0.328 e. The molecule has 16 heteroatoms. The Bertz CT molecular complexity index is 2880. The van der Waals surface area contributed by atoms with E-state index in [1.54, 1.807) is 25.1 Å². The number of H-pyrrole nitrogens is 1. The number of hydrogen-bond acceptors (Lipinski definition) is 9. The number of ether oxygens (including phenoxy) is 1. The fraction of sp³-hybridized carbons (Fsp3) is 0.306. The van der Waals surface area contributed by atoms with Gasteiger partial charge in [-0.05, 0) is 117 Å². The number of halogens is 2. The molecule has 2 aromatic heterocycles. The van der Waals surface area contributed by atoms with Crippen LogP contribution < -0.4 is 20.3 Å². The van der Waals surface area contributed by atoms with E-state index >= 15 is 4.39 Å². The molecule has 9 rings (SSSR count). The van der Waals surface area contributed by atoms with Crippen molar-refractivity contribution in [2.45, 2.75) is 52.2 Å². The number of likely N-dealkylation sites (tertiary alicyclic amines) is 2. The number of benzene rings is 4. The van der Waals surface area contributed by atoms with Crippen molar-refractivity contribution in [2.24, 2.45) is 5.41 Å². The van der Waals surface area contributed by atoms with Gasteiger partial charge in [0, 0.05) is 65.9 Å². The summed E-state index contributed by atoms with van der Waals surface area (Å²) in [5, 5.41) is 15.9. The van der Waals surface area contributed by atoms with Crippen molar-refractivity contribution in [3.63, 3.8) is 0 Å². The number of aromatic nitrogens is 3. The Hall–Kier alpha value is -7.04. The van der Waals surface area contributed by atoms with Gasteiger partial charge in [0.15, 0.2) is 0 Å². The highest BCUT2D eigenvalue weighted by Gasteiger charge is 2.47. The van der Waals surface area contributed by atoms with Crippen LogP contribution in [0.2, 0.25) is 0 Å². The van der Waals surface area contributed by atoms with Crippen LogP contribution in [0.5, 0.6) is 5.75 Å². The van der Waals surface area contributed by atoms with E-state index in [1.165, 1.54) is 56.4 Å². The third-order valence-electron chi connectivity index (χ3n) is 12.9. The maximum absolute atomic E-state index is 15.2. The summed E-state index contributed by atoms with van der Waals surface area (Å²) in [4.78, 5) is 69.1. The summed E-state index contributed by atoms with van der Waals surface area (Å²) in [5.41, 5.74) is 4.78. The molecule has 4 N–H and O–H groups in total. The molecule has 3 saturated heterocycles. The van der Waals surface area contributed by atoms with Crippen LogP contribution in [0.25, 0.3) is 33.5 Å². The Morgan fingerprint density at radius 3 is 2.38 bits per heavy atom. The minimum atomic E-state index is -1.29. The van der Waals surface area contributed by atoms with Crippen molar-refractivity contribution in [3.8, 4) is 28.3 Å². The Balaban J connectivity index is 0.827. The number of hydrogen-bond donors (Lipinski definition) is 4. The van der Waals surface area contributed by atoms with E-state index in [2.05, 4.69) is 42.6 Å². The Morgan fingerprint density at radius 2 is 1.69 bits per heavy atom. The number of piperidine rings is 1. The first-order chi connectivity index (χ1) is 31.1. The first-order valence-corrected chi connectivity index (χ1v) is 21.5. The first-order valence-electron chi connectivity index (χ1n) is 21.5. The van der Waals surface area contributed by atoms with E-state index in [4.69, 9.17) is 4.74 Å². The molecule has 14 nitrogen and oxygen atoms in total. The summed E-state index contributed by atoms with van der Waals surface area (Å²) in [6, 6.07) is 21.1. The number of fused-ring (bicyclic) bond motifs is 1. The number of anilines is 2. The number of carbonyl (C=O) groups is 4. The lowest BCUT2D eigenvalue weighted by atomic mass is 9.71. The zero-order chi connectivity index (χ0) is 45.8. The molecule has 0 aliphatic carbocycles. The highest BCUT2D eigenvalue weighted by atomic mass is 19.1. The number of nitrogens with zero attached hydrogens (tertiary/aromatic N) is 5. The van der Waals surface area contributed by atoms with Crippen LogP contribution in [0.4, 0.5) is 25.0 Å². The second kappa shape index (κ2) is 16.8. The number of nitrogens with one attached hydrogen (secondary N) is 3. The molecule has 0 saturated carbocycles. The van der Waals surface area contributed by atoms with Crippen molar-refractivity contribution in [2.75, 3.05) is 50.1 Å². The van der Waals surface area contributed by atoms with Gasteiger partial charge in [-0.15, -0.1) is 0 Å². The second-order valence-electron chi connectivity index (χ2n) is 17.8. The monoisotopic (exact) mass is 882 g/mol. The number of amides is 5. The normalized spacial score (nSPS) is 16.4. The molecule has 5 amide bonds. The maximum Gasteiger partial charge on any atom is 0.328 e. The maximum atomic E-state index is 15.2. The standard InChI is InChI=1S/C49H48F2N8O6/c1-28-35(21-33(50)22-38(28)55-45(61)34-11-10-32(20-37(34)51)48(2,3)64)43-36-23-39(54-44(36)53-27-52-43)30-7-5-29(6-8-30)24-57-17-14-49(15-18-57)25-58(26-49)46(62)31-9-12-41(65-4)40(19-31)59-16-13-42(60)56-47(59)63/h5-12,19-23,27,64H,13-18,24-26H2,1-4H3,(H,55,61)(H,52,53,54)(H,56,60,63). The molecule has 4 aromatic carbocycles. The van der Waals surface area contributed by atoms with E-state index in [9.17, 15) is 28.7 Å². The summed E-state index contributed by atoms with van der Waals surface area (Å²) in [6.45, 7) is 8.90. The third-order valence-corrected chi connectivity index (χ3v) is 12.9. The molecule has 6 aromatic rings. The zero-order valence-electron chi connectivity index (χ0n) is 36.4. The molecular formula is C49H48F2N8O6. The second-order valence-corrected chi connectivity index (χ2v) is 17.8. The van der Waals surface area contributed by atoms with Gasteiger partial charge in [-0.2, -0.15) is 0 Å². The average molecular weight is 883 g/mol. The molecular weight excluding hydrogens is 835 g/mol. The first kappa shape index (κ1) is 43.2. The number of aromatic amines is 1. The van der Waals surface area contributed by atoms with E-state index in [1.807, 2.05) is 23.1 Å². The van der Waals surface area contributed by atoms with Gasteiger partial charge in [0.25, 0.3) is 11.8 Å². The molecule has 3 fully saturated rings. The van der Waals surface area contributed by atoms with Gasteiger partial charge in [-0.3, -0.25) is 29.5 Å². The summed E-state index contributed by atoms with van der Waals surface area (Å²) >= 11 is 0. The Kier molecular flexibility index (Phi) is 11.2. The van der Waals surface area contributed by atoms with Crippen LogP contribution in [-0.2, 0) is 16.9 Å². The van der Waals surface area contributed by atoms with Gasteiger partial charge in [0.05, 0.1) is 29.7 Å². The summed E-state index contributed by atoms with van der Waals surface area (Å²) < 4.78 is 35.7. The molecule has 0 bridgehead atoms. The molecule has 0 radical (unpaired) electrons. The topological polar surface area (TPSA) is 173 Å². The molecule has 5 heterocycles. The number of carbonyl (C=O) groups excluding carboxylic acids is 4. The molecule has 0 unspecified atom stereocenters. The van der Waals surface area contributed by atoms with Crippen LogP contribution >= 0.6 is 0 Å². The van der Waals surface area contributed by atoms with E-state index in [0.717, 1.165) is 55.4 Å². The molecule has 3 aliphatic rings. The lowest BCUT2D eigenvalue weighted by Crippen LogP contribution is -2.61. The van der Waals surface area contributed by atoms with Crippen molar-refractivity contribution < 1.29 is 37.8 Å². The number of aliphatic hydroxyl groups is 1. The van der Waals surface area contributed by atoms with Crippen molar-refractivity contribution in [3.05, 3.63) is 125 Å². The Labute approximate surface area is 373 Å². The molecule has 1 spiro atoms. The lowest BCUT2D eigenvalue weighted by Gasteiger charge is -2.54. The highest BCUT2D eigenvalue weighted by molar-refractivity contribution is 6.08. The van der Waals surface area contributed by atoms with Gasteiger partial charge < -0.3 is 25.0 Å². The lowest BCUT2D eigenvalue weighted by molar-refractivity contribution is -0.120. The van der Waals surface area contributed by atoms with Crippen molar-refractivity contribution >= 4 is 46.2 Å². The number of imide groups is 1. The average Bonchev–Trinajstić information content (AvgIpc) is 3.71. The van der Waals surface area contributed by atoms with Crippen molar-refractivity contribution in [1.29, 1.82) is 0 Å². The SMILES string of the molecule is COc1ccc(C(=O)N2CC3(CCN(Cc4ccc(-c5cc6c(-c7cc(F)cc(NC(=O)c8ccc(C(C)(C)O)cc8F)c7C)ncnc6[nH]5)cc4)CC3)C2)cc1N1CCC(=O)NC1=O. The molecule has 0 atom stereocenters. The quantitative estimate of drug-likeness (QED) is 0.108. The fourth-order valence-corrected chi connectivity index (χ4v) is 9.10. The van der Waals surface area contributed by atoms with E-state index in [-0.39, 0.29) is 41.4 Å². The van der Waals surface area contributed by atoms with Gasteiger partial charge in [0.2, 0.25) is 5.91 Å². The largest absolute Gasteiger partial charge is 0.495 e. The predicted molar refractivity (Wildman–Crippen MR) is 240 cm³/mol. The minimum absolute atomic E-state index is 0.0701. The van der Waals surface area contributed by atoms with Crippen molar-refractivity contribution in [1.82, 2.24) is 30.1 Å². The van der Waals surface area contributed by atoms with Gasteiger partial charge in [0.1, 0.15) is 29.4 Å². The van der Waals surface area contributed by atoms with Gasteiger partial charge in [-0.25, -0.2) is 23.5 Å². The Morgan fingerprint density at radius 1 is 0.938 bits per heavy atom. The number of urea groups is 1. The summed E-state index contributed by atoms with van der Waals surface area (Å²) in [7, 11) is 1.50. The van der Waals surface area contributed by atoms with E-state index in [0.29, 0.717) is 63.5 Å².